The molecule has 0 N–H and O–H groups in total. The van der Waals surface area contributed by atoms with E-state index in [9.17, 15) is 0 Å². The second-order valence-corrected chi connectivity index (χ2v) is 7.45. The maximum atomic E-state index is 6.40. The maximum absolute atomic E-state index is 6.40. The number of nitrogens with zero attached hydrogens (tertiary/aromatic N) is 1. The molecule has 0 aromatic heterocycles. The minimum Gasteiger partial charge on any atom is -0.495 e. The number of rotatable bonds is 2. The molecular weight excluding hydrogens is 334 g/mol. The number of halogens is 1. The molecule has 1 atom stereocenters. The highest BCUT2D eigenvalue weighted by Crippen LogP contribution is 2.42. The number of para-hydroxylation sites is 1. The Labute approximate surface area is 154 Å². The smallest absolute Gasteiger partial charge is 0.137 e. The van der Waals surface area contributed by atoms with E-state index in [0.717, 1.165) is 50.5 Å². The van der Waals surface area contributed by atoms with Crippen LogP contribution in [0.2, 0.25) is 5.02 Å². The van der Waals surface area contributed by atoms with Gasteiger partial charge >= 0.3 is 0 Å². The third-order valence-electron chi connectivity index (χ3n) is 5.39. The van der Waals surface area contributed by atoms with Crippen LogP contribution in [-0.4, -0.2) is 38.8 Å². The first-order chi connectivity index (χ1) is 12.2. The van der Waals surface area contributed by atoms with Crippen molar-refractivity contribution in [3.05, 3.63) is 57.6 Å². The monoisotopic (exact) mass is 357 g/mol. The van der Waals surface area contributed by atoms with Gasteiger partial charge in [-0.25, -0.2) is 0 Å². The van der Waals surface area contributed by atoms with E-state index in [0.29, 0.717) is 5.02 Å². The van der Waals surface area contributed by atoms with Gasteiger partial charge in [-0.15, -0.1) is 0 Å². The topological polar surface area (TPSA) is 21.7 Å². The Morgan fingerprint density at radius 3 is 2.88 bits per heavy atom. The van der Waals surface area contributed by atoms with E-state index >= 15 is 0 Å². The molecule has 132 valence electrons. The summed E-state index contributed by atoms with van der Waals surface area (Å²) < 4.78 is 11.6. The highest BCUT2D eigenvalue weighted by atomic mass is 35.5. The zero-order valence-corrected chi connectivity index (χ0v) is 15.6. The third kappa shape index (κ3) is 3.11. The Morgan fingerprint density at radius 1 is 1.16 bits per heavy atom. The molecule has 0 amide bonds. The van der Waals surface area contributed by atoms with Gasteiger partial charge in [0.1, 0.15) is 11.5 Å². The van der Waals surface area contributed by atoms with Crippen LogP contribution < -0.4 is 9.47 Å². The SMILES string of the molecule is COc1cc2c(cc1Cl)CCN(C)CC2c1cccc2c1OCCC2. The number of hydrogen-bond acceptors (Lipinski definition) is 3. The molecule has 2 aliphatic heterocycles. The molecule has 4 heteroatoms. The number of benzene rings is 2. The van der Waals surface area contributed by atoms with Crippen molar-refractivity contribution in [1.82, 2.24) is 4.90 Å². The average molecular weight is 358 g/mol. The van der Waals surface area contributed by atoms with Gasteiger partial charge in [-0.3, -0.25) is 0 Å². The number of aryl methyl sites for hydroxylation is 1. The van der Waals surface area contributed by atoms with Crippen molar-refractivity contribution >= 4 is 11.6 Å². The van der Waals surface area contributed by atoms with Gasteiger partial charge in [-0.1, -0.05) is 29.8 Å². The fourth-order valence-corrected chi connectivity index (χ4v) is 4.34. The minimum atomic E-state index is 0.265. The van der Waals surface area contributed by atoms with Gasteiger partial charge in [0.15, 0.2) is 0 Å². The summed E-state index contributed by atoms with van der Waals surface area (Å²) in [6, 6.07) is 10.8. The molecule has 3 nitrogen and oxygen atoms in total. The second kappa shape index (κ2) is 6.89. The zero-order valence-electron chi connectivity index (χ0n) is 14.8. The van der Waals surface area contributed by atoms with Gasteiger partial charge in [0.2, 0.25) is 0 Å². The van der Waals surface area contributed by atoms with Gasteiger partial charge in [0, 0.05) is 24.6 Å². The van der Waals surface area contributed by atoms with Crippen molar-refractivity contribution in [3.8, 4) is 11.5 Å². The third-order valence-corrected chi connectivity index (χ3v) is 5.68. The van der Waals surface area contributed by atoms with Crippen LogP contribution in [0, 0.1) is 0 Å². The normalized spacial score (nSPS) is 20.2. The lowest BCUT2D eigenvalue weighted by atomic mass is 9.85. The molecule has 0 aliphatic carbocycles. The minimum absolute atomic E-state index is 0.265. The standard InChI is InChI=1S/C21H24ClNO2/c1-23-9-8-15-11-19(22)20(24-2)12-17(15)18(13-23)16-7-3-5-14-6-4-10-25-21(14)16/h3,5,7,11-12,18H,4,6,8-10,13H2,1-2H3. The van der Waals surface area contributed by atoms with Crippen LogP contribution in [0.5, 0.6) is 11.5 Å². The first-order valence-corrected chi connectivity index (χ1v) is 9.34. The molecule has 4 rings (SSSR count). The van der Waals surface area contributed by atoms with Crippen molar-refractivity contribution in [2.24, 2.45) is 0 Å². The van der Waals surface area contributed by atoms with Crippen LogP contribution in [0.3, 0.4) is 0 Å². The Morgan fingerprint density at radius 2 is 2.04 bits per heavy atom. The predicted molar refractivity (Wildman–Crippen MR) is 101 cm³/mol. The van der Waals surface area contributed by atoms with E-state index in [2.05, 4.69) is 42.3 Å². The number of fused-ring (bicyclic) bond motifs is 2. The summed E-state index contributed by atoms with van der Waals surface area (Å²) >= 11 is 6.40. The van der Waals surface area contributed by atoms with E-state index < -0.39 is 0 Å². The maximum Gasteiger partial charge on any atom is 0.137 e. The van der Waals surface area contributed by atoms with Gasteiger partial charge in [0.05, 0.1) is 18.7 Å². The van der Waals surface area contributed by atoms with E-state index in [-0.39, 0.29) is 5.92 Å². The lowest BCUT2D eigenvalue weighted by molar-refractivity contribution is 0.280. The highest BCUT2D eigenvalue weighted by Gasteiger charge is 2.28. The van der Waals surface area contributed by atoms with Gasteiger partial charge < -0.3 is 14.4 Å². The van der Waals surface area contributed by atoms with Crippen LogP contribution in [0.1, 0.15) is 34.6 Å². The average Bonchev–Trinajstić information content (AvgIpc) is 2.79. The van der Waals surface area contributed by atoms with E-state index in [1.165, 1.54) is 22.3 Å². The molecule has 25 heavy (non-hydrogen) atoms. The Balaban J connectivity index is 1.87. The van der Waals surface area contributed by atoms with Crippen molar-refractivity contribution in [2.45, 2.75) is 25.2 Å². The summed E-state index contributed by atoms with van der Waals surface area (Å²) in [5, 5.41) is 0.691. The lowest BCUT2D eigenvalue weighted by Gasteiger charge is -2.27. The molecule has 2 aliphatic rings. The Kier molecular flexibility index (Phi) is 4.61. The van der Waals surface area contributed by atoms with Gasteiger partial charge in [-0.05, 0) is 55.1 Å². The first-order valence-electron chi connectivity index (χ1n) is 8.97. The molecule has 0 bridgehead atoms. The number of methoxy groups -OCH3 is 1. The van der Waals surface area contributed by atoms with Crippen molar-refractivity contribution in [2.75, 3.05) is 33.9 Å². The zero-order chi connectivity index (χ0) is 17.4. The largest absolute Gasteiger partial charge is 0.495 e. The molecule has 2 aromatic rings. The molecule has 0 radical (unpaired) electrons. The first kappa shape index (κ1) is 16.7. The van der Waals surface area contributed by atoms with Crippen LogP contribution >= 0.6 is 11.6 Å². The van der Waals surface area contributed by atoms with Crippen LogP contribution in [0.25, 0.3) is 0 Å². The van der Waals surface area contributed by atoms with Crippen molar-refractivity contribution in [1.29, 1.82) is 0 Å². The molecule has 0 saturated heterocycles. The number of hydrogen-bond donors (Lipinski definition) is 0. The van der Waals surface area contributed by atoms with Crippen LogP contribution in [0.15, 0.2) is 30.3 Å². The molecule has 2 aromatic carbocycles. The fraction of sp³-hybridized carbons (Fsp3) is 0.429. The summed E-state index contributed by atoms with van der Waals surface area (Å²) in [6.45, 7) is 2.81. The fourth-order valence-electron chi connectivity index (χ4n) is 4.07. The molecule has 0 saturated carbocycles. The van der Waals surface area contributed by atoms with E-state index in [4.69, 9.17) is 21.1 Å². The Bertz CT molecular complexity index is 790. The van der Waals surface area contributed by atoms with E-state index in [1.54, 1.807) is 7.11 Å². The van der Waals surface area contributed by atoms with E-state index in [1.807, 2.05) is 0 Å². The van der Waals surface area contributed by atoms with Gasteiger partial charge in [-0.2, -0.15) is 0 Å². The summed E-state index contributed by atoms with van der Waals surface area (Å²) in [5.41, 5.74) is 5.25. The quantitative estimate of drug-likeness (QED) is 0.800. The predicted octanol–water partition coefficient (Wildman–Crippen LogP) is 4.29. The highest BCUT2D eigenvalue weighted by molar-refractivity contribution is 6.32. The number of likely N-dealkylation sites (N-methyl/N-ethyl adjacent to an activating group) is 1. The summed E-state index contributed by atoms with van der Waals surface area (Å²) in [5.74, 6) is 2.11. The van der Waals surface area contributed by atoms with Crippen LogP contribution in [0.4, 0.5) is 0 Å². The van der Waals surface area contributed by atoms with Crippen LogP contribution in [-0.2, 0) is 12.8 Å². The lowest BCUT2D eigenvalue weighted by Crippen LogP contribution is -2.25. The molecular formula is C21H24ClNO2. The molecule has 2 heterocycles. The Hall–Kier alpha value is -1.71. The van der Waals surface area contributed by atoms with Crippen molar-refractivity contribution in [3.63, 3.8) is 0 Å². The second-order valence-electron chi connectivity index (χ2n) is 7.04. The summed E-state index contributed by atoms with van der Waals surface area (Å²) in [4.78, 5) is 2.40. The van der Waals surface area contributed by atoms with Gasteiger partial charge in [0.25, 0.3) is 0 Å². The summed E-state index contributed by atoms with van der Waals surface area (Å²) in [7, 11) is 3.87. The summed E-state index contributed by atoms with van der Waals surface area (Å²) in [6.07, 6.45) is 3.20. The van der Waals surface area contributed by atoms with Crippen molar-refractivity contribution < 1.29 is 9.47 Å². The molecule has 0 fully saturated rings. The molecule has 1 unspecified atom stereocenters. The molecule has 0 spiro atoms. The number of ether oxygens (including phenoxy) is 2.